The van der Waals surface area contributed by atoms with Crippen molar-refractivity contribution in [2.45, 2.75) is 33.4 Å². The van der Waals surface area contributed by atoms with E-state index >= 15 is 0 Å². The third kappa shape index (κ3) is 7.38. The molecule has 156 valence electrons. The van der Waals surface area contributed by atoms with Crippen LogP contribution in [0.15, 0.2) is 48.5 Å². The molecule has 0 spiro atoms. The minimum absolute atomic E-state index is 0.166. The van der Waals surface area contributed by atoms with Gasteiger partial charge in [0, 0.05) is 18.1 Å². The number of benzene rings is 2. The van der Waals surface area contributed by atoms with Crippen molar-refractivity contribution in [3.05, 3.63) is 64.9 Å². The van der Waals surface area contributed by atoms with Gasteiger partial charge < -0.3 is 15.0 Å². The second-order valence-corrected chi connectivity index (χ2v) is 7.64. The molecule has 1 atom stereocenters. The Labute approximate surface area is 175 Å². The molecule has 0 bridgehead atoms. The quantitative estimate of drug-likeness (QED) is 0.665. The van der Waals surface area contributed by atoms with Crippen LogP contribution in [0.5, 0.6) is 5.75 Å². The third-order valence-electron chi connectivity index (χ3n) is 4.29. The first-order valence-electron chi connectivity index (χ1n) is 9.46. The normalized spacial score (nSPS) is 11.8. The van der Waals surface area contributed by atoms with E-state index in [9.17, 15) is 14.0 Å². The van der Waals surface area contributed by atoms with Crippen LogP contribution in [-0.2, 0) is 16.1 Å². The highest BCUT2D eigenvalue weighted by Crippen LogP contribution is 2.16. The molecule has 0 aromatic heterocycles. The summed E-state index contributed by atoms with van der Waals surface area (Å²) in [5, 5.41) is 3.41. The minimum atomic E-state index is -0.708. The zero-order valence-corrected chi connectivity index (χ0v) is 17.6. The standard InChI is InChI=1S/C22H26ClFN2O3/c1-15(2)12-25-22(28)16(3)26(13-17-4-8-19(24)9-5-17)21(27)14-29-20-10-6-18(23)7-11-20/h4-11,15-16H,12-14H2,1-3H3,(H,25,28)/t16-/m1/s1. The Hall–Kier alpha value is -2.60. The number of carbonyl (C=O) groups is 2. The lowest BCUT2D eigenvalue weighted by Gasteiger charge is -2.29. The highest BCUT2D eigenvalue weighted by Gasteiger charge is 2.26. The van der Waals surface area contributed by atoms with E-state index in [1.165, 1.54) is 17.0 Å². The lowest BCUT2D eigenvalue weighted by molar-refractivity contribution is -0.142. The van der Waals surface area contributed by atoms with Crippen LogP contribution in [0.1, 0.15) is 26.3 Å². The van der Waals surface area contributed by atoms with E-state index in [-0.39, 0.29) is 30.8 Å². The van der Waals surface area contributed by atoms with Gasteiger partial charge in [0.15, 0.2) is 6.61 Å². The summed E-state index contributed by atoms with van der Waals surface area (Å²) in [4.78, 5) is 26.8. The van der Waals surface area contributed by atoms with Crippen molar-refractivity contribution in [3.8, 4) is 5.75 Å². The van der Waals surface area contributed by atoms with Crippen molar-refractivity contribution in [3.63, 3.8) is 0 Å². The summed E-state index contributed by atoms with van der Waals surface area (Å²) in [6.07, 6.45) is 0. The molecule has 29 heavy (non-hydrogen) atoms. The summed E-state index contributed by atoms with van der Waals surface area (Å²) in [5.41, 5.74) is 0.717. The fraction of sp³-hybridized carbons (Fsp3) is 0.364. The number of ether oxygens (including phenoxy) is 1. The van der Waals surface area contributed by atoms with Gasteiger partial charge in [-0.25, -0.2) is 4.39 Å². The average molecular weight is 421 g/mol. The lowest BCUT2D eigenvalue weighted by atomic mass is 10.1. The van der Waals surface area contributed by atoms with Crippen LogP contribution in [0.3, 0.4) is 0 Å². The van der Waals surface area contributed by atoms with E-state index in [0.29, 0.717) is 23.2 Å². The van der Waals surface area contributed by atoms with E-state index in [1.807, 2.05) is 13.8 Å². The minimum Gasteiger partial charge on any atom is -0.484 e. The molecule has 5 nitrogen and oxygen atoms in total. The van der Waals surface area contributed by atoms with E-state index in [2.05, 4.69) is 5.32 Å². The monoisotopic (exact) mass is 420 g/mol. The van der Waals surface area contributed by atoms with E-state index in [4.69, 9.17) is 16.3 Å². The van der Waals surface area contributed by atoms with Crippen molar-refractivity contribution in [2.75, 3.05) is 13.2 Å². The maximum Gasteiger partial charge on any atom is 0.261 e. The summed E-state index contributed by atoms with van der Waals surface area (Å²) < 4.78 is 18.8. The topological polar surface area (TPSA) is 58.6 Å². The van der Waals surface area contributed by atoms with Crippen LogP contribution in [0.4, 0.5) is 4.39 Å². The average Bonchev–Trinajstić information content (AvgIpc) is 2.70. The fourth-order valence-corrected chi connectivity index (χ4v) is 2.71. The smallest absolute Gasteiger partial charge is 0.261 e. The number of carbonyl (C=O) groups excluding carboxylic acids is 2. The first kappa shape index (κ1) is 22.7. The summed E-state index contributed by atoms with van der Waals surface area (Å²) >= 11 is 5.85. The number of halogens is 2. The lowest BCUT2D eigenvalue weighted by Crippen LogP contribution is -2.49. The molecule has 0 aliphatic rings. The molecule has 2 amide bonds. The summed E-state index contributed by atoms with van der Waals surface area (Å²) in [7, 11) is 0. The molecule has 0 aliphatic heterocycles. The Morgan fingerprint density at radius 2 is 1.69 bits per heavy atom. The van der Waals surface area contributed by atoms with Crippen LogP contribution >= 0.6 is 11.6 Å². The van der Waals surface area contributed by atoms with Crippen LogP contribution < -0.4 is 10.1 Å². The van der Waals surface area contributed by atoms with Crippen LogP contribution in [0.25, 0.3) is 0 Å². The maximum absolute atomic E-state index is 13.2. The highest BCUT2D eigenvalue weighted by atomic mass is 35.5. The highest BCUT2D eigenvalue weighted by molar-refractivity contribution is 6.30. The zero-order valence-electron chi connectivity index (χ0n) is 16.8. The van der Waals surface area contributed by atoms with E-state index in [1.54, 1.807) is 43.3 Å². The van der Waals surface area contributed by atoms with Gasteiger partial charge in [-0.2, -0.15) is 0 Å². The molecule has 0 radical (unpaired) electrons. The molecule has 1 N–H and O–H groups in total. The Morgan fingerprint density at radius 1 is 1.07 bits per heavy atom. The summed E-state index contributed by atoms with van der Waals surface area (Å²) in [6.45, 7) is 6.10. The van der Waals surface area contributed by atoms with Gasteiger partial charge in [0.05, 0.1) is 0 Å². The van der Waals surface area contributed by atoms with Gasteiger partial charge >= 0.3 is 0 Å². The first-order valence-corrected chi connectivity index (χ1v) is 9.84. The molecule has 0 heterocycles. The third-order valence-corrected chi connectivity index (χ3v) is 4.55. The van der Waals surface area contributed by atoms with Gasteiger partial charge in [-0.05, 0) is 54.8 Å². The van der Waals surface area contributed by atoms with Crippen LogP contribution in [-0.4, -0.2) is 35.9 Å². The summed E-state index contributed by atoms with van der Waals surface area (Å²) in [5.74, 6) is -0.167. The van der Waals surface area contributed by atoms with Gasteiger partial charge in [-0.3, -0.25) is 9.59 Å². The van der Waals surface area contributed by atoms with Crippen molar-refractivity contribution in [1.82, 2.24) is 10.2 Å². The number of nitrogens with one attached hydrogen (secondary N) is 1. The number of hydrogen-bond donors (Lipinski definition) is 1. The van der Waals surface area contributed by atoms with Gasteiger partial charge in [-0.15, -0.1) is 0 Å². The Bertz CT molecular complexity index is 810. The number of amides is 2. The largest absolute Gasteiger partial charge is 0.484 e. The molecular weight excluding hydrogens is 395 g/mol. The van der Waals surface area contributed by atoms with Gasteiger partial charge in [0.1, 0.15) is 17.6 Å². The Kier molecular flexibility index (Phi) is 8.46. The van der Waals surface area contributed by atoms with Crippen molar-refractivity contribution < 1.29 is 18.7 Å². The first-order chi connectivity index (χ1) is 13.8. The molecule has 0 fully saturated rings. The maximum atomic E-state index is 13.2. The molecule has 0 saturated carbocycles. The second kappa shape index (κ2) is 10.8. The van der Waals surface area contributed by atoms with Gasteiger partial charge in [0.2, 0.25) is 5.91 Å². The van der Waals surface area contributed by atoms with Crippen LogP contribution in [0, 0.1) is 11.7 Å². The molecule has 2 aromatic rings. The predicted molar refractivity (Wildman–Crippen MR) is 111 cm³/mol. The fourth-order valence-electron chi connectivity index (χ4n) is 2.58. The molecule has 2 aromatic carbocycles. The Balaban J connectivity index is 2.10. The molecule has 7 heteroatoms. The molecule has 0 unspecified atom stereocenters. The summed E-state index contributed by atoms with van der Waals surface area (Å²) in [6, 6.07) is 11.8. The Morgan fingerprint density at radius 3 is 2.28 bits per heavy atom. The molecule has 0 saturated heterocycles. The molecular formula is C22H26ClFN2O3. The van der Waals surface area contributed by atoms with E-state index < -0.39 is 6.04 Å². The van der Waals surface area contributed by atoms with Crippen molar-refractivity contribution >= 4 is 23.4 Å². The molecule has 2 rings (SSSR count). The van der Waals surface area contributed by atoms with Crippen LogP contribution in [0.2, 0.25) is 5.02 Å². The predicted octanol–water partition coefficient (Wildman–Crippen LogP) is 4.05. The van der Waals surface area contributed by atoms with Crippen molar-refractivity contribution in [1.29, 1.82) is 0 Å². The number of nitrogens with zero attached hydrogens (tertiary/aromatic N) is 1. The second-order valence-electron chi connectivity index (χ2n) is 7.21. The zero-order chi connectivity index (χ0) is 21.4. The van der Waals surface area contributed by atoms with E-state index in [0.717, 1.165) is 5.56 Å². The number of rotatable bonds is 9. The van der Waals surface area contributed by atoms with Gasteiger partial charge in [-0.1, -0.05) is 37.6 Å². The van der Waals surface area contributed by atoms with Crippen molar-refractivity contribution in [2.24, 2.45) is 5.92 Å². The number of hydrogen-bond acceptors (Lipinski definition) is 3. The molecule has 0 aliphatic carbocycles. The van der Waals surface area contributed by atoms with Gasteiger partial charge in [0.25, 0.3) is 5.91 Å². The SMILES string of the molecule is CC(C)CNC(=O)[C@@H](C)N(Cc1ccc(F)cc1)C(=O)COc1ccc(Cl)cc1.